The molecule has 0 aliphatic heterocycles. The minimum Gasteiger partial charge on any atom is -0.480 e. The molecular formula is C20H33N7O7. The zero-order valence-corrected chi connectivity index (χ0v) is 19.1. The van der Waals surface area contributed by atoms with E-state index >= 15 is 0 Å². The molecule has 0 radical (unpaired) electrons. The largest absolute Gasteiger partial charge is 0.480 e. The van der Waals surface area contributed by atoms with Crippen molar-refractivity contribution in [2.45, 2.75) is 63.7 Å². The van der Waals surface area contributed by atoms with E-state index in [2.05, 4.69) is 25.9 Å². The Bertz CT molecular complexity index is 846. The molecule has 1 rings (SSSR count). The van der Waals surface area contributed by atoms with Crippen LogP contribution >= 0.6 is 0 Å². The number of carbonyl (C=O) groups is 5. The average Bonchev–Trinajstić information content (AvgIpc) is 3.30. The first-order chi connectivity index (χ1) is 16.0. The van der Waals surface area contributed by atoms with Gasteiger partial charge in [0.1, 0.15) is 18.1 Å². The molecule has 0 aliphatic carbocycles. The first kappa shape index (κ1) is 28.5. The summed E-state index contributed by atoms with van der Waals surface area (Å²) < 4.78 is 0. The van der Waals surface area contributed by atoms with Crippen LogP contribution in [0, 0.1) is 5.92 Å². The van der Waals surface area contributed by atoms with Crippen molar-refractivity contribution < 1.29 is 34.2 Å². The van der Waals surface area contributed by atoms with E-state index in [4.69, 9.17) is 16.6 Å². The van der Waals surface area contributed by atoms with Crippen molar-refractivity contribution in [2.75, 3.05) is 6.61 Å². The Balaban J connectivity index is 3.02. The van der Waals surface area contributed by atoms with Crippen molar-refractivity contribution in [1.82, 2.24) is 25.9 Å². The second-order valence-electron chi connectivity index (χ2n) is 7.91. The van der Waals surface area contributed by atoms with Crippen LogP contribution in [-0.4, -0.2) is 80.6 Å². The summed E-state index contributed by atoms with van der Waals surface area (Å²) in [4.78, 5) is 67.0. The van der Waals surface area contributed by atoms with Crippen LogP contribution in [0.2, 0.25) is 0 Å². The second kappa shape index (κ2) is 13.9. The highest BCUT2D eigenvalue weighted by Gasteiger charge is 2.32. The molecule has 0 bridgehead atoms. The molecule has 1 aromatic rings. The van der Waals surface area contributed by atoms with E-state index in [9.17, 15) is 29.1 Å². The van der Waals surface area contributed by atoms with Crippen molar-refractivity contribution in [3.8, 4) is 0 Å². The monoisotopic (exact) mass is 483 g/mol. The van der Waals surface area contributed by atoms with Crippen LogP contribution in [0.4, 0.5) is 0 Å². The number of rotatable bonds is 15. The molecule has 0 aromatic carbocycles. The quantitative estimate of drug-likeness (QED) is 0.127. The van der Waals surface area contributed by atoms with Crippen LogP contribution in [-0.2, 0) is 30.4 Å². The zero-order valence-electron chi connectivity index (χ0n) is 19.1. The normalized spacial score (nSPS) is 15.3. The van der Waals surface area contributed by atoms with Gasteiger partial charge in [0, 0.05) is 24.7 Å². The lowest BCUT2D eigenvalue weighted by molar-refractivity contribution is -0.143. The number of nitrogens with zero attached hydrogens (tertiary/aromatic N) is 1. The van der Waals surface area contributed by atoms with Crippen LogP contribution in [0.25, 0.3) is 0 Å². The maximum absolute atomic E-state index is 13.1. The van der Waals surface area contributed by atoms with Crippen molar-refractivity contribution in [1.29, 1.82) is 0 Å². The molecule has 190 valence electrons. The summed E-state index contributed by atoms with van der Waals surface area (Å²) in [6, 6.07) is -4.95. The van der Waals surface area contributed by atoms with Gasteiger partial charge in [0.15, 0.2) is 0 Å². The Morgan fingerprint density at radius 2 is 1.74 bits per heavy atom. The second-order valence-corrected chi connectivity index (χ2v) is 7.91. The predicted octanol–water partition coefficient (Wildman–Crippen LogP) is -2.88. The van der Waals surface area contributed by atoms with E-state index in [1.807, 2.05) is 0 Å². The first-order valence-corrected chi connectivity index (χ1v) is 10.8. The average molecular weight is 484 g/mol. The zero-order chi connectivity index (χ0) is 25.8. The number of imidazole rings is 1. The number of amides is 4. The number of hydrogen-bond acceptors (Lipinski definition) is 8. The van der Waals surface area contributed by atoms with Crippen molar-refractivity contribution in [3.05, 3.63) is 18.2 Å². The number of carboxylic acids is 1. The van der Waals surface area contributed by atoms with Crippen LogP contribution in [0.1, 0.15) is 38.8 Å². The fraction of sp³-hybridized carbons (Fsp3) is 0.600. The molecule has 5 unspecified atom stereocenters. The maximum atomic E-state index is 13.1. The molecule has 0 saturated heterocycles. The van der Waals surface area contributed by atoms with Gasteiger partial charge < -0.3 is 42.6 Å². The summed E-state index contributed by atoms with van der Waals surface area (Å²) in [5.41, 5.74) is 11.3. The third kappa shape index (κ3) is 9.15. The van der Waals surface area contributed by atoms with Crippen molar-refractivity contribution in [2.24, 2.45) is 17.4 Å². The van der Waals surface area contributed by atoms with Gasteiger partial charge in [-0.15, -0.1) is 0 Å². The molecule has 14 heteroatoms. The smallest absolute Gasteiger partial charge is 0.328 e. The van der Waals surface area contributed by atoms with Gasteiger partial charge >= 0.3 is 5.97 Å². The predicted molar refractivity (Wildman–Crippen MR) is 119 cm³/mol. The van der Waals surface area contributed by atoms with Gasteiger partial charge in [-0.05, 0) is 12.3 Å². The van der Waals surface area contributed by atoms with Gasteiger partial charge in [0.25, 0.3) is 0 Å². The van der Waals surface area contributed by atoms with Crippen LogP contribution in [0.15, 0.2) is 12.5 Å². The Labute approximate surface area is 196 Å². The van der Waals surface area contributed by atoms with E-state index in [0.29, 0.717) is 12.1 Å². The summed E-state index contributed by atoms with van der Waals surface area (Å²) in [6.07, 6.45) is 3.14. The molecule has 10 N–H and O–H groups in total. The fourth-order valence-electron chi connectivity index (χ4n) is 2.94. The lowest BCUT2D eigenvalue weighted by Gasteiger charge is -2.27. The van der Waals surface area contributed by atoms with Gasteiger partial charge in [0.2, 0.25) is 23.6 Å². The number of carbonyl (C=O) groups excluding carboxylic acids is 4. The maximum Gasteiger partial charge on any atom is 0.328 e. The molecule has 5 atom stereocenters. The van der Waals surface area contributed by atoms with Gasteiger partial charge in [-0.1, -0.05) is 20.3 Å². The van der Waals surface area contributed by atoms with Crippen molar-refractivity contribution in [3.63, 3.8) is 0 Å². The van der Waals surface area contributed by atoms with E-state index < -0.39 is 60.4 Å². The Morgan fingerprint density at radius 1 is 1.09 bits per heavy atom. The number of aliphatic hydroxyl groups is 1. The minimum absolute atomic E-state index is 0.00139. The highest BCUT2D eigenvalue weighted by atomic mass is 16.4. The minimum atomic E-state index is -1.57. The number of carboxylic acid groups (broad SMARTS) is 1. The van der Waals surface area contributed by atoms with Crippen molar-refractivity contribution >= 4 is 29.6 Å². The summed E-state index contributed by atoms with van der Waals surface area (Å²) >= 11 is 0. The van der Waals surface area contributed by atoms with Crippen LogP contribution in [0.3, 0.4) is 0 Å². The summed E-state index contributed by atoms with van der Waals surface area (Å²) in [5.74, 6) is -4.63. The summed E-state index contributed by atoms with van der Waals surface area (Å²) in [5, 5.41) is 25.5. The SMILES string of the molecule is CCC(C)C(NC(=O)C(N)CCC(N)=O)C(=O)NC(Cc1cnc[nH]1)C(=O)NC(CO)C(=O)O. The topological polar surface area (TPSA) is 243 Å². The van der Waals surface area contributed by atoms with E-state index in [-0.39, 0.29) is 25.2 Å². The van der Waals surface area contributed by atoms with Gasteiger partial charge in [-0.3, -0.25) is 19.2 Å². The molecule has 4 amide bonds. The van der Waals surface area contributed by atoms with E-state index in [1.54, 1.807) is 13.8 Å². The molecule has 14 nitrogen and oxygen atoms in total. The highest BCUT2D eigenvalue weighted by molar-refractivity contribution is 5.94. The lowest BCUT2D eigenvalue weighted by atomic mass is 9.97. The number of aromatic nitrogens is 2. The number of primary amides is 1. The molecule has 0 spiro atoms. The third-order valence-corrected chi connectivity index (χ3v) is 5.24. The molecule has 1 aromatic heterocycles. The molecule has 0 saturated carbocycles. The van der Waals surface area contributed by atoms with Crippen LogP contribution < -0.4 is 27.4 Å². The molecular weight excluding hydrogens is 450 g/mol. The highest BCUT2D eigenvalue weighted by Crippen LogP contribution is 2.10. The van der Waals surface area contributed by atoms with Gasteiger partial charge in [0.05, 0.1) is 19.0 Å². The van der Waals surface area contributed by atoms with E-state index in [1.165, 1.54) is 12.5 Å². The Morgan fingerprint density at radius 3 is 2.24 bits per heavy atom. The molecule has 1 heterocycles. The number of H-pyrrole nitrogens is 1. The number of aliphatic hydroxyl groups excluding tert-OH is 1. The first-order valence-electron chi connectivity index (χ1n) is 10.8. The van der Waals surface area contributed by atoms with Gasteiger partial charge in [-0.2, -0.15) is 0 Å². The number of nitrogens with one attached hydrogen (secondary N) is 4. The molecule has 0 fully saturated rings. The number of hydrogen-bond donors (Lipinski definition) is 8. The lowest BCUT2D eigenvalue weighted by Crippen LogP contribution is -2.59. The Kier molecular flexibility index (Phi) is 11.7. The van der Waals surface area contributed by atoms with Crippen LogP contribution in [0.5, 0.6) is 0 Å². The fourth-order valence-corrected chi connectivity index (χ4v) is 2.94. The third-order valence-electron chi connectivity index (χ3n) is 5.24. The van der Waals surface area contributed by atoms with Gasteiger partial charge in [-0.25, -0.2) is 9.78 Å². The number of nitrogens with two attached hydrogens (primary N) is 2. The summed E-state index contributed by atoms with van der Waals surface area (Å²) in [6.45, 7) is 2.67. The Hall–Kier alpha value is -3.52. The summed E-state index contributed by atoms with van der Waals surface area (Å²) in [7, 11) is 0. The standard InChI is InChI=1S/C20H33N7O7/c1-3-10(2)16(27-17(30)12(21)4-5-15(22)29)19(32)25-13(6-11-7-23-9-24-11)18(31)26-14(8-28)20(33)34/h7,9-10,12-14,16,28H,3-6,8,21H2,1-2H3,(H2,22,29)(H,23,24)(H,25,32)(H,26,31)(H,27,30)(H,33,34). The molecule has 34 heavy (non-hydrogen) atoms. The number of aliphatic carboxylic acids is 1. The molecule has 0 aliphatic rings. The van der Waals surface area contributed by atoms with E-state index in [0.717, 1.165) is 0 Å². The number of aromatic amines is 1.